The van der Waals surface area contributed by atoms with Crippen molar-refractivity contribution in [3.05, 3.63) is 0 Å². The van der Waals surface area contributed by atoms with Crippen molar-refractivity contribution in [1.29, 1.82) is 5.26 Å². The lowest BCUT2D eigenvalue weighted by Crippen LogP contribution is -2.49. The summed E-state index contributed by atoms with van der Waals surface area (Å²) in [5.41, 5.74) is 0. The van der Waals surface area contributed by atoms with Crippen LogP contribution in [0.2, 0.25) is 0 Å². The van der Waals surface area contributed by atoms with Crippen LogP contribution in [0, 0.1) is 23.2 Å². The number of nitriles is 1. The van der Waals surface area contributed by atoms with Gasteiger partial charge in [-0.05, 0) is 58.6 Å². The summed E-state index contributed by atoms with van der Waals surface area (Å²) in [5, 5.41) is 25.5. The quantitative estimate of drug-likeness (QED) is 0.296. The number of hydrogen-bond donors (Lipinski definition) is 2. The molecule has 0 radical (unpaired) electrons. The predicted octanol–water partition coefficient (Wildman–Crippen LogP) is 3.27. The van der Waals surface area contributed by atoms with Crippen LogP contribution < -0.4 is 9.86 Å². The number of piperidine rings is 2. The zero-order valence-electron chi connectivity index (χ0n) is 29.1. The maximum absolute atomic E-state index is 12.4. The maximum Gasteiger partial charge on any atom is 0.303 e. The summed E-state index contributed by atoms with van der Waals surface area (Å²) in [4.78, 5) is 8.65. The van der Waals surface area contributed by atoms with E-state index in [1.807, 2.05) is 37.5 Å². The molecule has 4 aliphatic heterocycles. The summed E-state index contributed by atoms with van der Waals surface area (Å²) < 4.78 is 51.7. The first kappa shape index (κ1) is 42.7. The number of hydrazone groups is 2. The molecule has 0 bridgehead atoms. The Bertz CT molecular complexity index is 1270. The minimum Gasteiger partial charge on any atom is -0.261 e. The number of aliphatic imine (C=N–C) groups is 2. The van der Waals surface area contributed by atoms with E-state index >= 15 is 0 Å². The SMILES string of the molecule is CC#N.CCN=C(NS(=O)(=O)N1CCCCC1)N1CC(CC)C=N1.CCN=C(SC)N1CC(CC)C=N1.NS(=O)(=O)N1CCCCC1. The van der Waals surface area contributed by atoms with E-state index in [0.29, 0.717) is 57.1 Å². The Balaban J connectivity index is 0.000000363. The molecule has 2 saturated heterocycles. The number of thioether (sulfide) groups is 1. The molecule has 0 aromatic rings. The highest BCUT2D eigenvalue weighted by Gasteiger charge is 2.29. The molecule has 4 heterocycles. The average molecular weight is 720 g/mol. The third-order valence-electron chi connectivity index (χ3n) is 7.50. The zero-order chi connectivity index (χ0) is 35.3. The van der Waals surface area contributed by atoms with E-state index in [9.17, 15) is 16.8 Å². The lowest BCUT2D eigenvalue weighted by molar-refractivity contribution is 0.342. The van der Waals surface area contributed by atoms with Crippen molar-refractivity contribution in [2.24, 2.45) is 37.2 Å². The molecule has 2 atom stereocenters. The molecule has 0 spiro atoms. The standard InChI is InChI=1S/C13H25N5O2S.C9H17N3S.C5H12N2O2S.C2H3N/c1-3-12-10-15-18(11-12)13(14-4-2)16-21(19,20)17-8-6-5-7-9-17;1-4-8-6-11-12(7-8)9(13-3)10-5-2;6-10(8,9)7-4-2-1-3-5-7;1-2-3/h10,12H,3-9,11H2,1-2H3,(H,14,16);6,8H,4-5,7H2,1-3H3;1-5H2,(H2,6,8,9);1H3. The van der Waals surface area contributed by atoms with E-state index < -0.39 is 20.4 Å². The van der Waals surface area contributed by atoms with E-state index in [0.717, 1.165) is 69.6 Å². The molecule has 0 amide bonds. The smallest absolute Gasteiger partial charge is 0.261 e. The van der Waals surface area contributed by atoms with E-state index in [-0.39, 0.29) is 0 Å². The molecule has 0 aliphatic carbocycles. The zero-order valence-corrected chi connectivity index (χ0v) is 31.5. The fourth-order valence-electron chi connectivity index (χ4n) is 4.83. The van der Waals surface area contributed by atoms with Crippen molar-refractivity contribution in [1.82, 2.24) is 23.4 Å². The molecule has 270 valence electrons. The van der Waals surface area contributed by atoms with Crippen LogP contribution in [-0.2, 0) is 20.4 Å². The highest BCUT2D eigenvalue weighted by molar-refractivity contribution is 8.13. The first-order valence-corrected chi connectivity index (χ1v) is 20.7. The number of nitrogens with one attached hydrogen (secondary N) is 1. The third-order valence-corrected chi connectivity index (χ3v) is 10.8. The van der Waals surface area contributed by atoms with Gasteiger partial charge in [-0.25, -0.2) is 19.9 Å². The van der Waals surface area contributed by atoms with Gasteiger partial charge >= 0.3 is 10.2 Å². The second-order valence-corrected chi connectivity index (χ2v) is 15.1. The van der Waals surface area contributed by atoms with Crippen molar-refractivity contribution in [2.45, 2.75) is 86.0 Å². The lowest BCUT2D eigenvalue weighted by Gasteiger charge is -2.28. The van der Waals surface area contributed by atoms with Crippen LogP contribution in [0.5, 0.6) is 0 Å². The Morgan fingerprint density at radius 2 is 1.30 bits per heavy atom. The largest absolute Gasteiger partial charge is 0.303 e. The van der Waals surface area contributed by atoms with E-state index in [1.54, 1.807) is 22.8 Å². The second-order valence-electron chi connectivity index (χ2n) is 11.1. The molecule has 18 heteroatoms. The summed E-state index contributed by atoms with van der Waals surface area (Å²) in [6.45, 7) is 15.0. The van der Waals surface area contributed by atoms with Crippen LogP contribution in [0.3, 0.4) is 0 Å². The molecule has 0 aromatic carbocycles. The van der Waals surface area contributed by atoms with Crippen molar-refractivity contribution in [3.8, 4) is 6.07 Å². The van der Waals surface area contributed by atoms with Crippen LogP contribution in [0.1, 0.15) is 86.0 Å². The monoisotopic (exact) mass is 719 g/mol. The first-order valence-electron chi connectivity index (χ1n) is 16.5. The van der Waals surface area contributed by atoms with Gasteiger partial charge in [-0.15, -0.1) is 0 Å². The third kappa shape index (κ3) is 16.1. The summed E-state index contributed by atoms with van der Waals surface area (Å²) in [7, 11) is -6.92. The number of nitrogens with zero attached hydrogens (tertiary/aromatic N) is 9. The molecule has 2 unspecified atom stereocenters. The Labute approximate surface area is 288 Å². The molecule has 15 nitrogen and oxygen atoms in total. The Morgan fingerprint density at radius 1 is 0.851 bits per heavy atom. The van der Waals surface area contributed by atoms with Crippen LogP contribution in [-0.4, -0.2) is 118 Å². The average Bonchev–Trinajstić information content (AvgIpc) is 3.75. The predicted molar refractivity (Wildman–Crippen MR) is 195 cm³/mol. The van der Waals surface area contributed by atoms with E-state index in [1.165, 1.54) is 15.5 Å². The van der Waals surface area contributed by atoms with Gasteiger partial charge in [0.25, 0.3) is 10.2 Å². The van der Waals surface area contributed by atoms with Crippen molar-refractivity contribution >= 4 is 55.7 Å². The summed E-state index contributed by atoms with van der Waals surface area (Å²) >= 11 is 1.67. The van der Waals surface area contributed by atoms with Gasteiger partial charge in [0.05, 0.1) is 19.2 Å². The van der Waals surface area contributed by atoms with Gasteiger partial charge in [0.1, 0.15) is 0 Å². The van der Waals surface area contributed by atoms with Gasteiger partial charge < -0.3 is 0 Å². The van der Waals surface area contributed by atoms with Crippen molar-refractivity contribution in [2.75, 3.05) is 58.6 Å². The fraction of sp³-hybridized carbons (Fsp3) is 0.828. The van der Waals surface area contributed by atoms with Crippen LogP contribution in [0.4, 0.5) is 0 Å². The fourth-order valence-corrected chi connectivity index (χ4v) is 7.45. The summed E-state index contributed by atoms with van der Waals surface area (Å²) in [6.07, 6.45) is 14.0. The Morgan fingerprint density at radius 3 is 1.68 bits per heavy atom. The first-order chi connectivity index (χ1) is 22.4. The van der Waals surface area contributed by atoms with Crippen molar-refractivity contribution in [3.63, 3.8) is 0 Å². The van der Waals surface area contributed by atoms with Gasteiger partial charge in [0, 0.05) is 70.5 Å². The lowest BCUT2D eigenvalue weighted by atomic mass is 10.1. The minimum atomic E-state index is -3.53. The summed E-state index contributed by atoms with van der Waals surface area (Å²) in [5.74, 6) is 1.29. The molecule has 3 N–H and O–H groups in total. The number of guanidine groups is 1. The van der Waals surface area contributed by atoms with E-state index in [2.05, 4.69) is 38.8 Å². The minimum absolute atomic E-state index is 0.329. The van der Waals surface area contributed by atoms with Crippen LogP contribution in [0.15, 0.2) is 20.2 Å². The Kier molecular flexibility index (Phi) is 21.0. The molecule has 2 fully saturated rings. The molecule has 47 heavy (non-hydrogen) atoms. The number of hydrogen-bond acceptors (Lipinski definition) is 10. The molecule has 4 aliphatic rings. The van der Waals surface area contributed by atoms with Gasteiger partial charge in [0.2, 0.25) is 5.96 Å². The molecular formula is C29H57N11O4S3. The van der Waals surface area contributed by atoms with Gasteiger partial charge in [-0.1, -0.05) is 38.5 Å². The van der Waals surface area contributed by atoms with Gasteiger partial charge in [-0.2, -0.15) is 40.9 Å². The van der Waals surface area contributed by atoms with E-state index in [4.69, 9.17) is 10.4 Å². The number of rotatable bonds is 7. The topological polar surface area (TPSA) is 193 Å². The van der Waals surface area contributed by atoms with Crippen molar-refractivity contribution < 1.29 is 16.8 Å². The van der Waals surface area contributed by atoms with Gasteiger partial charge in [-0.3, -0.25) is 9.98 Å². The van der Waals surface area contributed by atoms with Gasteiger partial charge in [0.15, 0.2) is 5.17 Å². The number of amidine groups is 1. The molecular weight excluding hydrogens is 663 g/mol. The second kappa shape index (κ2) is 23.1. The Hall–Kier alpha value is -2.30. The molecule has 0 aromatic heterocycles. The highest BCUT2D eigenvalue weighted by atomic mass is 32.2. The highest BCUT2D eigenvalue weighted by Crippen LogP contribution is 2.17. The van der Waals surface area contributed by atoms with Crippen LogP contribution in [0.25, 0.3) is 0 Å². The summed E-state index contributed by atoms with van der Waals surface area (Å²) in [6, 6.07) is 1.75. The maximum atomic E-state index is 12.4. The molecule has 4 rings (SSSR count). The molecule has 0 saturated carbocycles. The number of nitrogens with two attached hydrogens (primary N) is 1. The normalized spacial score (nSPS) is 22.3. The van der Waals surface area contributed by atoms with Crippen LogP contribution >= 0.6 is 11.8 Å².